The third-order valence-corrected chi connectivity index (χ3v) is 9.94. The van der Waals surface area contributed by atoms with Gasteiger partial charge in [-0.2, -0.15) is 0 Å². The van der Waals surface area contributed by atoms with E-state index in [1.165, 1.54) is 44.1 Å². The fourth-order valence-corrected chi connectivity index (χ4v) is 8.53. The predicted molar refractivity (Wildman–Crippen MR) is 141 cm³/mol. The van der Waals surface area contributed by atoms with Crippen LogP contribution in [0.4, 0.5) is 0 Å². The van der Waals surface area contributed by atoms with Gasteiger partial charge in [0.1, 0.15) is 0 Å². The number of hydrogen-bond donors (Lipinski definition) is 0. The highest BCUT2D eigenvalue weighted by molar-refractivity contribution is 5.08. The molecule has 0 N–H and O–H groups in total. The highest BCUT2D eigenvalue weighted by Gasteiger charge is 2.59. The van der Waals surface area contributed by atoms with Crippen LogP contribution in [-0.2, 0) is 0 Å². The molecule has 0 amide bonds. The summed E-state index contributed by atoms with van der Waals surface area (Å²) < 4.78 is 0. The molecule has 4 aliphatic carbocycles. The van der Waals surface area contributed by atoms with Crippen molar-refractivity contribution in [3.63, 3.8) is 0 Å². The summed E-state index contributed by atoms with van der Waals surface area (Å²) in [5.74, 6) is 5.28. The second-order valence-electron chi connectivity index (χ2n) is 11.1. The van der Waals surface area contributed by atoms with E-state index in [1.807, 2.05) is 27.7 Å². The molecule has 7 unspecified atom stereocenters. The lowest BCUT2D eigenvalue weighted by Crippen LogP contribution is -2.52. The highest BCUT2D eigenvalue weighted by Crippen LogP contribution is 2.67. The van der Waals surface area contributed by atoms with Gasteiger partial charge >= 0.3 is 0 Å². The molecule has 0 aromatic rings. The lowest BCUT2D eigenvalue weighted by atomic mass is 9.45. The van der Waals surface area contributed by atoms with E-state index in [2.05, 4.69) is 40.2 Å². The fourth-order valence-electron chi connectivity index (χ4n) is 8.53. The van der Waals surface area contributed by atoms with Crippen molar-refractivity contribution >= 4 is 0 Å². The van der Waals surface area contributed by atoms with Crippen LogP contribution in [0.1, 0.15) is 132 Å². The zero-order valence-electron chi connectivity index (χ0n) is 22.4. The minimum Gasteiger partial charge on any atom is -0.124 e. The van der Waals surface area contributed by atoms with Crippen LogP contribution >= 0.6 is 0 Å². The van der Waals surface area contributed by atoms with E-state index >= 15 is 0 Å². The van der Waals surface area contributed by atoms with Crippen molar-refractivity contribution < 1.29 is 0 Å². The summed E-state index contributed by atoms with van der Waals surface area (Å²) in [6.07, 6.45) is 27.5. The van der Waals surface area contributed by atoms with Crippen LogP contribution < -0.4 is 0 Å². The Morgan fingerprint density at radius 2 is 1.45 bits per heavy atom. The molecule has 180 valence electrons. The number of hydrogen-bond acceptors (Lipinski definition) is 0. The van der Waals surface area contributed by atoms with Gasteiger partial charge in [0.25, 0.3) is 0 Å². The standard InChI is InChI=1S/C25H42.2C2H6.C2H2/c1-18(2)8-7-10-20-12-14-22-21-13-11-19-9-5-6-16-24(19,3)23(21)15-17-25(20,22)4;3*1-2/h19-23H,1,5-17H2,2-4H3;2*1-2H3;1-2H. The van der Waals surface area contributed by atoms with Crippen molar-refractivity contribution in [2.24, 2.45) is 40.4 Å². The van der Waals surface area contributed by atoms with Crippen molar-refractivity contribution in [1.82, 2.24) is 0 Å². The van der Waals surface area contributed by atoms with Crippen LogP contribution in [0.5, 0.6) is 0 Å². The second-order valence-corrected chi connectivity index (χ2v) is 11.1. The van der Waals surface area contributed by atoms with Crippen LogP contribution in [-0.4, -0.2) is 0 Å². The van der Waals surface area contributed by atoms with Crippen LogP contribution in [0.15, 0.2) is 12.2 Å². The lowest BCUT2D eigenvalue weighted by Gasteiger charge is -2.60. The highest BCUT2D eigenvalue weighted by atomic mass is 14.6. The van der Waals surface area contributed by atoms with E-state index in [4.69, 9.17) is 0 Å². The van der Waals surface area contributed by atoms with Gasteiger partial charge in [-0.25, -0.2) is 0 Å². The average molecular weight is 429 g/mol. The van der Waals surface area contributed by atoms with E-state index in [1.54, 1.807) is 44.9 Å². The Balaban J connectivity index is 0.000000739. The fraction of sp³-hybridized carbons (Fsp3) is 0.871. The third-order valence-electron chi connectivity index (χ3n) is 9.94. The summed E-state index contributed by atoms with van der Waals surface area (Å²) in [7, 11) is 0. The van der Waals surface area contributed by atoms with Crippen molar-refractivity contribution in [3.8, 4) is 12.8 Å². The van der Waals surface area contributed by atoms with Crippen LogP contribution in [0.2, 0.25) is 0 Å². The molecule has 4 rings (SSSR count). The zero-order valence-corrected chi connectivity index (χ0v) is 22.4. The van der Waals surface area contributed by atoms with Gasteiger partial charge < -0.3 is 0 Å². The zero-order chi connectivity index (χ0) is 23.7. The maximum absolute atomic E-state index is 4.12. The molecule has 0 heterocycles. The van der Waals surface area contributed by atoms with Crippen molar-refractivity contribution in [2.75, 3.05) is 0 Å². The topological polar surface area (TPSA) is 0 Å². The molecule has 7 atom stereocenters. The minimum atomic E-state index is 0.675. The first-order valence-electron chi connectivity index (χ1n) is 13.9. The quantitative estimate of drug-likeness (QED) is 0.308. The van der Waals surface area contributed by atoms with E-state index in [9.17, 15) is 0 Å². The number of rotatable bonds is 4. The molecule has 0 radical (unpaired) electrons. The summed E-state index contributed by atoms with van der Waals surface area (Å²) in [5, 5.41) is 0. The molecule has 0 aromatic heterocycles. The second kappa shape index (κ2) is 13.1. The number of terminal acetylenes is 1. The average Bonchev–Trinajstić information content (AvgIpc) is 3.14. The van der Waals surface area contributed by atoms with E-state index in [0.717, 1.165) is 29.6 Å². The van der Waals surface area contributed by atoms with Gasteiger partial charge in [-0.05, 0) is 118 Å². The normalized spacial score (nSPS) is 40.1. The molecule has 0 saturated heterocycles. The van der Waals surface area contributed by atoms with E-state index in [0.29, 0.717) is 10.8 Å². The first kappa shape index (κ1) is 28.3. The Hall–Kier alpha value is -0.700. The monoisotopic (exact) mass is 428 g/mol. The summed E-state index contributed by atoms with van der Waals surface area (Å²) >= 11 is 0. The third kappa shape index (κ3) is 5.81. The van der Waals surface area contributed by atoms with Gasteiger partial charge in [0.15, 0.2) is 0 Å². The van der Waals surface area contributed by atoms with Crippen molar-refractivity contribution in [1.29, 1.82) is 0 Å². The van der Waals surface area contributed by atoms with Crippen LogP contribution in [0.25, 0.3) is 0 Å². The smallest absolute Gasteiger partial charge is 0.0266 e. The molecule has 0 heteroatoms. The maximum Gasteiger partial charge on any atom is -0.0266 e. The molecule has 4 fully saturated rings. The van der Waals surface area contributed by atoms with E-state index in [-0.39, 0.29) is 0 Å². The summed E-state index contributed by atoms with van der Waals surface area (Å²) in [6, 6.07) is 0. The largest absolute Gasteiger partial charge is 0.124 e. The summed E-state index contributed by atoms with van der Waals surface area (Å²) in [6.45, 7) is 19.7. The van der Waals surface area contributed by atoms with Crippen LogP contribution in [0.3, 0.4) is 0 Å². The summed E-state index contributed by atoms with van der Waals surface area (Å²) in [5.41, 5.74) is 2.77. The number of fused-ring (bicyclic) bond motifs is 5. The van der Waals surface area contributed by atoms with Crippen LogP contribution in [0, 0.1) is 53.3 Å². The van der Waals surface area contributed by atoms with Gasteiger partial charge in [0, 0.05) is 0 Å². The van der Waals surface area contributed by atoms with Gasteiger partial charge in [-0.15, -0.1) is 19.4 Å². The maximum atomic E-state index is 4.12. The first-order chi connectivity index (χ1) is 14.9. The predicted octanol–water partition coefficient (Wildman–Crippen LogP) is 10.1. The Morgan fingerprint density at radius 3 is 2.10 bits per heavy atom. The van der Waals surface area contributed by atoms with Gasteiger partial charge in [-0.3, -0.25) is 0 Å². The first-order valence-corrected chi connectivity index (χ1v) is 13.9. The molecular formula is C31H56. The molecule has 4 saturated carbocycles. The number of allylic oxidation sites excluding steroid dienone is 1. The van der Waals surface area contributed by atoms with Crippen molar-refractivity contribution in [2.45, 2.75) is 132 Å². The Labute approximate surface area is 197 Å². The van der Waals surface area contributed by atoms with Gasteiger partial charge in [-0.1, -0.05) is 60.0 Å². The molecular weight excluding hydrogens is 372 g/mol. The van der Waals surface area contributed by atoms with Gasteiger partial charge in [0.05, 0.1) is 0 Å². The van der Waals surface area contributed by atoms with Gasteiger partial charge in [0.2, 0.25) is 0 Å². The molecule has 0 nitrogen and oxygen atoms in total. The Kier molecular flexibility index (Phi) is 12.0. The molecule has 31 heavy (non-hydrogen) atoms. The lowest BCUT2D eigenvalue weighted by molar-refractivity contribution is -0.111. The molecule has 0 spiro atoms. The molecule has 0 aliphatic heterocycles. The summed E-state index contributed by atoms with van der Waals surface area (Å²) in [4.78, 5) is 0. The Morgan fingerprint density at radius 1 is 0.806 bits per heavy atom. The minimum absolute atomic E-state index is 0.675. The molecule has 0 aromatic carbocycles. The molecule has 0 bridgehead atoms. The Bertz CT molecular complexity index is 541. The van der Waals surface area contributed by atoms with Crippen molar-refractivity contribution in [3.05, 3.63) is 12.2 Å². The van der Waals surface area contributed by atoms with E-state index < -0.39 is 0 Å². The SMILES string of the molecule is C#C.C=C(C)CCCC1CCC2C3CCC4CCCCC4(C)C3CCC12C.CC.CC. The molecule has 4 aliphatic rings.